The van der Waals surface area contributed by atoms with Crippen LogP contribution in [0.15, 0.2) is 27.8 Å². The number of nitrogens with one attached hydrogen (secondary N) is 2. The summed E-state index contributed by atoms with van der Waals surface area (Å²) in [5.41, 5.74) is -3.17. The van der Waals surface area contributed by atoms with E-state index >= 15 is 0 Å². The summed E-state index contributed by atoms with van der Waals surface area (Å²) in [5, 5.41) is 15.3. The topological polar surface area (TPSA) is 174 Å². The number of non-ortho nitro benzene ring substituents is 1. The third-order valence-electron chi connectivity index (χ3n) is 4.72. The van der Waals surface area contributed by atoms with Crippen LogP contribution >= 0.6 is 0 Å². The van der Waals surface area contributed by atoms with E-state index in [1.165, 1.54) is 31.1 Å². The number of benzene rings is 1. The third kappa shape index (κ3) is 6.49. The van der Waals surface area contributed by atoms with Gasteiger partial charge < -0.3 is 15.0 Å². The molecule has 0 saturated heterocycles. The SMILES string of the molecule is CN(C)C(=O)CC[C@H](NC(=O)OC(C)(C)C)C(=O)Cn1[nH]c(=O)c2cccc([N+](=O)[O-])c2c1=O. The number of nitro benzene ring substituents is 1. The second-order valence-corrected chi connectivity index (χ2v) is 8.78. The molecule has 13 nitrogen and oxygen atoms in total. The number of aromatic nitrogens is 2. The van der Waals surface area contributed by atoms with Crippen LogP contribution < -0.4 is 16.4 Å². The smallest absolute Gasteiger partial charge is 0.408 e. The fraction of sp³-hybridized carbons (Fsp3) is 0.476. The van der Waals surface area contributed by atoms with Gasteiger partial charge in [0.1, 0.15) is 17.5 Å². The number of Topliss-reactive ketones (excluding diaryl/α,β-unsaturated/α-hetero) is 1. The lowest BCUT2D eigenvalue weighted by molar-refractivity contribution is -0.383. The van der Waals surface area contributed by atoms with Crippen molar-refractivity contribution in [3.63, 3.8) is 0 Å². The normalized spacial score (nSPS) is 12.1. The molecule has 2 N–H and O–H groups in total. The van der Waals surface area contributed by atoms with E-state index in [1.807, 2.05) is 0 Å². The number of hydrogen-bond acceptors (Lipinski definition) is 8. The number of hydrogen-bond donors (Lipinski definition) is 2. The van der Waals surface area contributed by atoms with Crippen LogP contribution in [0.5, 0.6) is 0 Å². The Labute approximate surface area is 193 Å². The summed E-state index contributed by atoms with van der Waals surface area (Å²) in [6.07, 6.45) is -1.09. The molecule has 2 amide bonds. The number of carbonyl (C=O) groups is 3. The van der Waals surface area contributed by atoms with Gasteiger partial charge >= 0.3 is 6.09 Å². The van der Waals surface area contributed by atoms with E-state index in [2.05, 4.69) is 10.4 Å². The maximum absolute atomic E-state index is 13.0. The van der Waals surface area contributed by atoms with Crippen LogP contribution in [0, 0.1) is 10.1 Å². The fourth-order valence-corrected chi connectivity index (χ4v) is 3.11. The lowest BCUT2D eigenvalue weighted by Gasteiger charge is -2.23. The molecule has 0 saturated carbocycles. The Kier molecular flexibility index (Phi) is 7.92. The molecule has 2 aromatic rings. The molecule has 0 fully saturated rings. The molecule has 0 radical (unpaired) electrons. The minimum Gasteiger partial charge on any atom is -0.444 e. The van der Waals surface area contributed by atoms with E-state index in [0.717, 1.165) is 6.07 Å². The first kappa shape index (κ1) is 26.2. The van der Waals surface area contributed by atoms with Crippen LogP contribution in [0.25, 0.3) is 10.8 Å². The number of ketones is 1. The molecule has 184 valence electrons. The van der Waals surface area contributed by atoms with Gasteiger partial charge in [-0.1, -0.05) is 6.07 Å². The quantitative estimate of drug-likeness (QED) is 0.417. The molecule has 1 aromatic heterocycles. The van der Waals surface area contributed by atoms with Gasteiger partial charge in [0.25, 0.3) is 16.8 Å². The molecule has 0 bridgehead atoms. The second kappa shape index (κ2) is 10.3. The predicted molar refractivity (Wildman–Crippen MR) is 122 cm³/mol. The van der Waals surface area contributed by atoms with E-state index in [0.29, 0.717) is 4.68 Å². The zero-order valence-electron chi connectivity index (χ0n) is 19.5. The van der Waals surface area contributed by atoms with Crippen molar-refractivity contribution in [1.82, 2.24) is 20.0 Å². The lowest BCUT2D eigenvalue weighted by atomic mass is 10.1. The molecule has 13 heteroatoms. The number of amides is 2. The van der Waals surface area contributed by atoms with Crippen molar-refractivity contribution in [2.45, 2.75) is 51.8 Å². The lowest BCUT2D eigenvalue weighted by Crippen LogP contribution is -2.46. The standard InChI is InChI=1S/C21H27N5O8/c1-21(2,3)34-20(31)22-13(9-10-16(28)24(4)5)15(27)11-25-19(30)17-12(18(29)23-25)7-6-8-14(17)26(32)33/h6-8,13H,9-11H2,1-5H3,(H,22,31)(H,23,29)/t13-/m0/s1. The number of H-pyrrole nitrogens is 1. The average Bonchev–Trinajstić information content (AvgIpc) is 2.72. The largest absolute Gasteiger partial charge is 0.444 e. The van der Waals surface area contributed by atoms with E-state index in [-0.39, 0.29) is 24.1 Å². The highest BCUT2D eigenvalue weighted by Gasteiger charge is 2.27. The second-order valence-electron chi connectivity index (χ2n) is 8.78. The van der Waals surface area contributed by atoms with Crippen molar-refractivity contribution in [1.29, 1.82) is 0 Å². The zero-order chi connectivity index (χ0) is 25.8. The van der Waals surface area contributed by atoms with Crippen molar-refractivity contribution in [2.24, 2.45) is 0 Å². The number of fused-ring (bicyclic) bond motifs is 1. The molecule has 0 spiro atoms. The Hall–Kier alpha value is -4.03. The van der Waals surface area contributed by atoms with Gasteiger partial charge in [0.2, 0.25) is 5.91 Å². The van der Waals surface area contributed by atoms with Crippen molar-refractivity contribution >= 4 is 34.2 Å². The first-order valence-corrected chi connectivity index (χ1v) is 10.3. The molecular weight excluding hydrogens is 450 g/mol. The van der Waals surface area contributed by atoms with Crippen LogP contribution in [0.2, 0.25) is 0 Å². The van der Waals surface area contributed by atoms with E-state index in [1.54, 1.807) is 20.8 Å². The molecular formula is C21H27N5O8. The Balaban J connectivity index is 2.40. The fourth-order valence-electron chi connectivity index (χ4n) is 3.11. The van der Waals surface area contributed by atoms with Gasteiger partial charge in [0.05, 0.1) is 16.4 Å². The highest BCUT2D eigenvalue weighted by Crippen LogP contribution is 2.19. The Morgan fingerprint density at radius 2 is 1.88 bits per heavy atom. The Morgan fingerprint density at radius 1 is 1.24 bits per heavy atom. The summed E-state index contributed by atoms with van der Waals surface area (Å²) in [7, 11) is 3.07. The molecule has 0 aliphatic carbocycles. The third-order valence-corrected chi connectivity index (χ3v) is 4.72. The van der Waals surface area contributed by atoms with Crippen LogP contribution in [0.1, 0.15) is 33.6 Å². The number of nitro groups is 1. The highest BCUT2D eigenvalue weighted by atomic mass is 16.6. The minimum absolute atomic E-state index is 0.0895. The molecule has 0 unspecified atom stereocenters. The van der Waals surface area contributed by atoms with Crippen LogP contribution in [-0.2, 0) is 20.9 Å². The first-order valence-electron chi connectivity index (χ1n) is 10.3. The van der Waals surface area contributed by atoms with Gasteiger partial charge in [-0.25, -0.2) is 9.48 Å². The maximum atomic E-state index is 13.0. The van der Waals surface area contributed by atoms with Gasteiger partial charge in [-0.05, 0) is 33.3 Å². The highest BCUT2D eigenvalue weighted by molar-refractivity contribution is 5.90. The van der Waals surface area contributed by atoms with E-state index in [9.17, 15) is 34.1 Å². The number of alkyl carbamates (subject to hydrolysis) is 1. The van der Waals surface area contributed by atoms with Crippen molar-refractivity contribution in [3.05, 3.63) is 49.0 Å². The molecule has 1 heterocycles. The van der Waals surface area contributed by atoms with E-state index < -0.39 is 57.2 Å². The van der Waals surface area contributed by atoms with Gasteiger partial charge in [0, 0.05) is 26.6 Å². The van der Waals surface area contributed by atoms with Crippen molar-refractivity contribution < 1.29 is 24.0 Å². The number of aromatic amines is 1. The molecule has 0 aliphatic heterocycles. The monoisotopic (exact) mass is 477 g/mol. The number of carbonyl (C=O) groups excluding carboxylic acids is 3. The molecule has 34 heavy (non-hydrogen) atoms. The van der Waals surface area contributed by atoms with Gasteiger partial charge in [-0.15, -0.1) is 0 Å². The number of ether oxygens (including phenoxy) is 1. The van der Waals surface area contributed by atoms with Gasteiger partial charge in [-0.2, -0.15) is 0 Å². The van der Waals surface area contributed by atoms with Crippen molar-refractivity contribution in [3.8, 4) is 0 Å². The first-order chi connectivity index (χ1) is 15.7. The average molecular weight is 477 g/mol. The summed E-state index contributed by atoms with van der Waals surface area (Å²) < 4.78 is 5.82. The predicted octanol–water partition coefficient (Wildman–Crippen LogP) is 0.929. The number of rotatable bonds is 8. The van der Waals surface area contributed by atoms with Crippen LogP contribution in [0.4, 0.5) is 10.5 Å². The van der Waals surface area contributed by atoms with Crippen molar-refractivity contribution in [2.75, 3.05) is 14.1 Å². The summed E-state index contributed by atoms with van der Waals surface area (Å²) in [6, 6.07) is 2.38. The molecule has 0 aliphatic rings. The number of nitrogens with zero attached hydrogens (tertiary/aromatic N) is 3. The molecule has 1 atom stereocenters. The van der Waals surface area contributed by atoms with Crippen LogP contribution in [-0.4, -0.2) is 63.1 Å². The van der Waals surface area contributed by atoms with Crippen LogP contribution in [0.3, 0.4) is 0 Å². The maximum Gasteiger partial charge on any atom is 0.408 e. The minimum atomic E-state index is -1.23. The van der Waals surface area contributed by atoms with Gasteiger partial charge in [0.15, 0.2) is 5.78 Å². The van der Waals surface area contributed by atoms with E-state index in [4.69, 9.17) is 4.74 Å². The molecule has 1 aromatic carbocycles. The Morgan fingerprint density at radius 3 is 2.44 bits per heavy atom. The van der Waals surface area contributed by atoms with Gasteiger partial charge in [-0.3, -0.25) is 34.4 Å². The molecule has 2 rings (SSSR count). The zero-order valence-corrected chi connectivity index (χ0v) is 19.5. The summed E-state index contributed by atoms with van der Waals surface area (Å²) >= 11 is 0. The Bertz CT molecular complexity index is 1240. The summed E-state index contributed by atoms with van der Waals surface area (Å²) in [4.78, 5) is 74.4. The summed E-state index contributed by atoms with van der Waals surface area (Å²) in [5.74, 6) is -1.01. The summed E-state index contributed by atoms with van der Waals surface area (Å²) in [6.45, 7) is 4.19.